The average Bonchev–Trinajstić information content (AvgIpc) is 2.25. The summed E-state index contributed by atoms with van der Waals surface area (Å²) in [7, 11) is 0. The van der Waals surface area contributed by atoms with Crippen LogP contribution >= 0.6 is 0 Å². The van der Waals surface area contributed by atoms with E-state index in [9.17, 15) is 23.4 Å². The van der Waals surface area contributed by atoms with Crippen LogP contribution in [0.2, 0.25) is 0 Å². The van der Waals surface area contributed by atoms with E-state index in [1.807, 2.05) is 0 Å². The van der Waals surface area contributed by atoms with Crippen LogP contribution in [-0.2, 0) is 6.18 Å². The molecular formula is C11H14F3NO2. The maximum atomic E-state index is 12.5. The lowest BCUT2D eigenvalue weighted by molar-refractivity contribution is -0.137. The zero-order chi connectivity index (χ0) is 13.2. The van der Waals surface area contributed by atoms with Crippen molar-refractivity contribution in [3.05, 3.63) is 34.9 Å². The predicted octanol–water partition coefficient (Wildman–Crippen LogP) is 1.37. The molecule has 0 spiro atoms. The summed E-state index contributed by atoms with van der Waals surface area (Å²) in [6.45, 7) is 1.26. The van der Waals surface area contributed by atoms with Gasteiger partial charge < -0.3 is 15.9 Å². The lowest BCUT2D eigenvalue weighted by atomic mass is 9.99. The van der Waals surface area contributed by atoms with Gasteiger partial charge in [0.15, 0.2) is 0 Å². The Labute approximate surface area is 96.7 Å². The van der Waals surface area contributed by atoms with E-state index in [0.29, 0.717) is 5.56 Å². The van der Waals surface area contributed by atoms with Crippen LogP contribution in [0.1, 0.15) is 22.8 Å². The van der Waals surface area contributed by atoms with Crippen LogP contribution in [0, 0.1) is 6.92 Å². The minimum absolute atomic E-state index is 0.00951. The van der Waals surface area contributed by atoms with Gasteiger partial charge in [0.1, 0.15) is 6.10 Å². The van der Waals surface area contributed by atoms with Gasteiger partial charge in [-0.3, -0.25) is 0 Å². The molecule has 0 aliphatic heterocycles. The molecule has 96 valence electrons. The summed E-state index contributed by atoms with van der Waals surface area (Å²) in [5.41, 5.74) is 4.66. The highest BCUT2D eigenvalue weighted by Gasteiger charge is 2.32. The van der Waals surface area contributed by atoms with Gasteiger partial charge in [-0.2, -0.15) is 13.2 Å². The summed E-state index contributed by atoms with van der Waals surface area (Å²) < 4.78 is 37.6. The Bertz CT molecular complexity index is 393. The summed E-state index contributed by atoms with van der Waals surface area (Å²) in [5, 5.41) is 18.9. The third-order valence-electron chi connectivity index (χ3n) is 2.37. The molecule has 0 radical (unpaired) electrons. The molecule has 17 heavy (non-hydrogen) atoms. The quantitative estimate of drug-likeness (QED) is 0.758. The molecule has 0 aliphatic rings. The van der Waals surface area contributed by atoms with Crippen LogP contribution in [0.5, 0.6) is 0 Å². The van der Waals surface area contributed by atoms with Gasteiger partial charge in [-0.15, -0.1) is 0 Å². The molecule has 2 unspecified atom stereocenters. The standard InChI is InChI=1S/C11H14F3NO2/c1-6-2-7(10(17)9(16)5-15)4-8(3-6)11(12,13)14/h2-4,9-10,16-17H,5,15H2,1H3. The Morgan fingerprint density at radius 1 is 1.24 bits per heavy atom. The number of alkyl halides is 3. The topological polar surface area (TPSA) is 66.5 Å². The van der Waals surface area contributed by atoms with Gasteiger partial charge in [-0.05, 0) is 24.6 Å². The first-order valence-corrected chi connectivity index (χ1v) is 5.00. The van der Waals surface area contributed by atoms with Gasteiger partial charge in [0, 0.05) is 6.54 Å². The van der Waals surface area contributed by atoms with Gasteiger partial charge >= 0.3 is 6.18 Å². The zero-order valence-corrected chi connectivity index (χ0v) is 9.20. The maximum absolute atomic E-state index is 12.5. The van der Waals surface area contributed by atoms with E-state index in [1.165, 1.54) is 13.0 Å². The van der Waals surface area contributed by atoms with Crippen LogP contribution in [0.25, 0.3) is 0 Å². The summed E-state index contributed by atoms with van der Waals surface area (Å²) in [6, 6.07) is 3.18. The number of aryl methyl sites for hydroxylation is 1. The van der Waals surface area contributed by atoms with Crippen LogP contribution in [0.3, 0.4) is 0 Å². The molecule has 2 atom stereocenters. The van der Waals surface area contributed by atoms with Crippen LogP contribution in [0.15, 0.2) is 18.2 Å². The Morgan fingerprint density at radius 2 is 1.82 bits per heavy atom. The van der Waals surface area contributed by atoms with Crippen molar-refractivity contribution >= 4 is 0 Å². The molecule has 0 saturated carbocycles. The average molecular weight is 249 g/mol. The largest absolute Gasteiger partial charge is 0.416 e. The van der Waals surface area contributed by atoms with Crippen molar-refractivity contribution in [3.8, 4) is 0 Å². The minimum atomic E-state index is -4.48. The molecule has 1 aromatic rings. The summed E-state index contributed by atoms with van der Waals surface area (Å²) in [6.07, 6.45) is -7.17. The summed E-state index contributed by atoms with van der Waals surface area (Å²) in [5.74, 6) is 0. The monoisotopic (exact) mass is 249 g/mol. The lowest BCUT2D eigenvalue weighted by Gasteiger charge is -2.18. The van der Waals surface area contributed by atoms with E-state index in [0.717, 1.165) is 12.1 Å². The Kier molecular flexibility index (Phi) is 4.13. The molecule has 3 nitrogen and oxygen atoms in total. The second-order valence-electron chi connectivity index (χ2n) is 3.88. The first kappa shape index (κ1) is 14.0. The van der Waals surface area contributed by atoms with Crippen LogP contribution < -0.4 is 5.73 Å². The first-order chi connectivity index (χ1) is 7.75. The van der Waals surface area contributed by atoms with E-state index < -0.39 is 23.9 Å². The zero-order valence-electron chi connectivity index (χ0n) is 9.20. The molecule has 1 rings (SSSR count). The second kappa shape index (κ2) is 5.03. The number of rotatable bonds is 3. The van der Waals surface area contributed by atoms with Gasteiger partial charge in [-0.25, -0.2) is 0 Å². The van der Waals surface area contributed by atoms with E-state index in [2.05, 4.69) is 0 Å². The molecule has 4 N–H and O–H groups in total. The molecule has 6 heteroatoms. The molecule has 0 aromatic heterocycles. The van der Waals surface area contributed by atoms with E-state index in [1.54, 1.807) is 0 Å². The molecule has 1 aromatic carbocycles. The SMILES string of the molecule is Cc1cc(C(O)C(O)CN)cc(C(F)(F)F)c1. The number of benzene rings is 1. The van der Waals surface area contributed by atoms with Gasteiger partial charge in [0.25, 0.3) is 0 Å². The fourth-order valence-corrected chi connectivity index (χ4v) is 1.50. The smallest absolute Gasteiger partial charge is 0.389 e. The molecule has 0 fully saturated rings. The summed E-state index contributed by atoms with van der Waals surface area (Å²) in [4.78, 5) is 0. The normalized spacial score (nSPS) is 15.7. The molecule has 0 saturated heterocycles. The number of aliphatic hydroxyl groups is 2. The second-order valence-corrected chi connectivity index (χ2v) is 3.88. The predicted molar refractivity (Wildman–Crippen MR) is 56.2 cm³/mol. The number of halogens is 3. The molecule has 0 heterocycles. The highest BCUT2D eigenvalue weighted by Crippen LogP contribution is 2.32. The van der Waals surface area contributed by atoms with Crippen molar-refractivity contribution in [3.63, 3.8) is 0 Å². The maximum Gasteiger partial charge on any atom is 0.416 e. The number of nitrogens with two attached hydrogens (primary N) is 1. The van der Waals surface area contributed by atoms with Crippen LogP contribution in [-0.4, -0.2) is 22.9 Å². The van der Waals surface area contributed by atoms with Crippen molar-refractivity contribution in [2.24, 2.45) is 5.73 Å². The fourth-order valence-electron chi connectivity index (χ4n) is 1.50. The third kappa shape index (κ3) is 3.42. The van der Waals surface area contributed by atoms with Crippen molar-refractivity contribution in [1.29, 1.82) is 0 Å². The molecule has 0 amide bonds. The Balaban J connectivity index is 3.14. The van der Waals surface area contributed by atoms with Crippen molar-refractivity contribution in [2.75, 3.05) is 6.54 Å². The van der Waals surface area contributed by atoms with E-state index >= 15 is 0 Å². The first-order valence-electron chi connectivity index (χ1n) is 5.00. The Morgan fingerprint density at radius 3 is 2.29 bits per heavy atom. The van der Waals surface area contributed by atoms with Crippen molar-refractivity contribution < 1.29 is 23.4 Å². The third-order valence-corrected chi connectivity index (χ3v) is 2.37. The van der Waals surface area contributed by atoms with Crippen LogP contribution in [0.4, 0.5) is 13.2 Å². The minimum Gasteiger partial charge on any atom is -0.389 e. The number of aliphatic hydroxyl groups excluding tert-OH is 2. The van der Waals surface area contributed by atoms with Gasteiger partial charge in [0.05, 0.1) is 11.7 Å². The van der Waals surface area contributed by atoms with Crippen molar-refractivity contribution in [1.82, 2.24) is 0 Å². The van der Waals surface area contributed by atoms with Crippen molar-refractivity contribution in [2.45, 2.75) is 25.3 Å². The molecule has 0 aliphatic carbocycles. The van der Waals surface area contributed by atoms with E-state index in [4.69, 9.17) is 5.73 Å². The molecular weight excluding hydrogens is 235 g/mol. The highest BCUT2D eigenvalue weighted by molar-refractivity contribution is 5.32. The number of hydrogen-bond acceptors (Lipinski definition) is 3. The Hall–Kier alpha value is -1.11. The van der Waals surface area contributed by atoms with Gasteiger partial charge in [0.2, 0.25) is 0 Å². The number of hydrogen-bond donors (Lipinski definition) is 3. The molecule has 0 bridgehead atoms. The highest BCUT2D eigenvalue weighted by atomic mass is 19.4. The lowest BCUT2D eigenvalue weighted by Crippen LogP contribution is -2.27. The van der Waals surface area contributed by atoms with E-state index in [-0.39, 0.29) is 12.1 Å². The summed E-state index contributed by atoms with van der Waals surface area (Å²) >= 11 is 0. The van der Waals surface area contributed by atoms with Gasteiger partial charge in [-0.1, -0.05) is 11.6 Å². The fraction of sp³-hybridized carbons (Fsp3) is 0.455.